The number of carbonyl (C=O) groups excluding carboxylic acids is 3. The van der Waals surface area contributed by atoms with Crippen molar-refractivity contribution >= 4 is 29.1 Å². The quantitative estimate of drug-likeness (QED) is 0.321. The Morgan fingerprint density at radius 2 is 1.81 bits per heavy atom. The van der Waals surface area contributed by atoms with E-state index in [2.05, 4.69) is 0 Å². The first-order valence-electron chi connectivity index (χ1n) is 14.5. The number of aliphatic hydroxyl groups is 2. The molecule has 2 N–H and O–H groups in total. The van der Waals surface area contributed by atoms with Crippen molar-refractivity contribution in [2.75, 3.05) is 23.0 Å². The number of amides is 3. The van der Waals surface area contributed by atoms with E-state index >= 15 is 0 Å². The van der Waals surface area contributed by atoms with Gasteiger partial charge in [0.2, 0.25) is 11.8 Å². The predicted octanol–water partition coefficient (Wildman–Crippen LogP) is 3.69. The molecule has 8 heteroatoms. The fraction of sp³-hybridized carbons (Fsp3) is 0.324. The molecule has 6 rings (SSSR count). The van der Waals surface area contributed by atoms with Crippen molar-refractivity contribution in [3.8, 4) is 0 Å². The average molecular weight is 566 g/mol. The fourth-order valence-corrected chi connectivity index (χ4v) is 6.32. The van der Waals surface area contributed by atoms with Gasteiger partial charge in [-0.2, -0.15) is 0 Å². The molecule has 0 bridgehead atoms. The topological polar surface area (TPSA) is 101 Å². The molecule has 3 aromatic rings. The van der Waals surface area contributed by atoms with Crippen molar-refractivity contribution in [2.45, 2.75) is 50.9 Å². The van der Waals surface area contributed by atoms with E-state index in [0.717, 1.165) is 22.4 Å². The van der Waals surface area contributed by atoms with Gasteiger partial charge in [0.05, 0.1) is 24.9 Å². The molecule has 0 aromatic heterocycles. The van der Waals surface area contributed by atoms with Crippen molar-refractivity contribution in [3.05, 3.63) is 107 Å². The van der Waals surface area contributed by atoms with Crippen molar-refractivity contribution in [1.82, 2.24) is 4.90 Å². The van der Waals surface area contributed by atoms with Crippen LogP contribution in [0.25, 0.3) is 0 Å². The molecule has 0 aliphatic carbocycles. The summed E-state index contributed by atoms with van der Waals surface area (Å²) in [6, 6.07) is 22.5. The van der Waals surface area contributed by atoms with Gasteiger partial charge in [-0.15, -0.1) is 0 Å². The lowest BCUT2D eigenvalue weighted by Gasteiger charge is -2.36. The maximum Gasteiger partial charge on any atom is 0.264 e. The molecule has 1 fully saturated rings. The average Bonchev–Trinajstić information content (AvgIpc) is 3.22. The highest BCUT2D eigenvalue weighted by molar-refractivity contribution is 6.07. The standard InChI is InChI=1S/C34H35N3O5/c1-23(8-6-15-31(39)36-21-26-11-3-2-10-25(26)19-28(36)22-38)34(42)29-13-4-5-14-30(29)37(33(34)41)20-24-9-7-12-27(18-24)35-17-16-32(35)40/h2-14,18,23,28,38,42H,15-17,19-22H2,1H3/b8-6+/t23-,28+,34+/m1/s1. The number of hydrogen-bond acceptors (Lipinski definition) is 5. The van der Waals surface area contributed by atoms with E-state index in [1.54, 1.807) is 45.9 Å². The zero-order chi connectivity index (χ0) is 29.4. The van der Waals surface area contributed by atoms with Gasteiger partial charge in [0.15, 0.2) is 5.60 Å². The highest BCUT2D eigenvalue weighted by Crippen LogP contribution is 2.45. The van der Waals surface area contributed by atoms with Crippen LogP contribution in [-0.4, -0.2) is 52.0 Å². The summed E-state index contributed by atoms with van der Waals surface area (Å²) in [6.07, 6.45) is 4.70. The highest BCUT2D eigenvalue weighted by atomic mass is 16.3. The maximum atomic E-state index is 13.9. The number of rotatable bonds is 8. The van der Waals surface area contributed by atoms with Crippen LogP contribution in [0.2, 0.25) is 0 Å². The summed E-state index contributed by atoms with van der Waals surface area (Å²) in [5.41, 5.74) is 3.27. The molecular formula is C34H35N3O5. The Bertz CT molecular complexity index is 1570. The molecule has 0 unspecified atom stereocenters. The fourth-order valence-electron chi connectivity index (χ4n) is 6.32. The summed E-state index contributed by atoms with van der Waals surface area (Å²) < 4.78 is 0. The second-order valence-electron chi connectivity index (χ2n) is 11.4. The van der Waals surface area contributed by atoms with Crippen molar-refractivity contribution in [3.63, 3.8) is 0 Å². The first-order chi connectivity index (χ1) is 20.3. The number of carbonyl (C=O) groups is 3. The number of para-hydroxylation sites is 1. The Hall–Kier alpha value is -4.27. The van der Waals surface area contributed by atoms with Crippen LogP contribution in [0.4, 0.5) is 11.4 Å². The third-order valence-electron chi connectivity index (χ3n) is 8.85. The molecule has 8 nitrogen and oxygen atoms in total. The molecular weight excluding hydrogens is 530 g/mol. The predicted molar refractivity (Wildman–Crippen MR) is 159 cm³/mol. The van der Waals surface area contributed by atoms with Crippen LogP contribution in [-0.2, 0) is 39.5 Å². The van der Waals surface area contributed by atoms with Crippen molar-refractivity contribution < 1.29 is 24.6 Å². The lowest BCUT2D eigenvalue weighted by Crippen LogP contribution is -2.46. The SMILES string of the molecule is C[C@H](/C=C/CC(=O)N1Cc2ccccc2C[C@H]1CO)[C@@]1(O)C(=O)N(Cc2cccc(N3CCC3=O)c2)c2ccccc21. The molecule has 1 saturated heterocycles. The van der Waals surface area contributed by atoms with Gasteiger partial charge in [0.1, 0.15) is 0 Å². The Kier molecular flexibility index (Phi) is 7.43. The van der Waals surface area contributed by atoms with Gasteiger partial charge in [-0.25, -0.2) is 0 Å². The van der Waals surface area contributed by atoms with Gasteiger partial charge in [-0.05, 0) is 41.3 Å². The molecule has 42 heavy (non-hydrogen) atoms. The maximum absolute atomic E-state index is 13.9. The summed E-state index contributed by atoms with van der Waals surface area (Å²) in [4.78, 5) is 44.1. The van der Waals surface area contributed by atoms with Crippen molar-refractivity contribution in [2.24, 2.45) is 5.92 Å². The van der Waals surface area contributed by atoms with Crippen LogP contribution in [0.5, 0.6) is 0 Å². The van der Waals surface area contributed by atoms with Crippen LogP contribution in [0, 0.1) is 5.92 Å². The van der Waals surface area contributed by atoms with Crippen LogP contribution < -0.4 is 9.80 Å². The zero-order valence-electron chi connectivity index (χ0n) is 23.6. The number of nitrogens with zero attached hydrogens (tertiary/aromatic N) is 3. The summed E-state index contributed by atoms with van der Waals surface area (Å²) in [6.45, 7) is 3.05. The van der Waals surface area contributed by atoms with E-state index in [-0.39, 0.29) is 37.4 Å². The monoisotopic (exact) mass is 565 g/mol. The van der Waals surface area contributed by atoms with Gasteiger partial charge in [0, 0.05) is 43.1 Å². The molecule has 0 spiro atoms. The summed E-state index contributed by atoms with van der Waals surface area (Å²) in [7, 11) is 0. The highest BCUT2D eigenvalue weighted by Gasteiger charge is 2.52. The Labute approximate surface area is 245 Å². The van der Waals surface area contributed by atoms with E-state index in [1.807, 2.05) is 60.7 Å². The minimum absolute atomic E-state index is 0.0835. The lowest BCUT2D eigenvalue weighted by molar-refractivity contribution is -0.139. The number of anilines is 2. The van der Waals surface area contributed by atoms with Crippen LogP contribution in [0.1, 0.15) is 42.0 Å². The van der Waals surface area contributed by atoms with E-state index in [1.165, 1.54) is 0 Å². The number of aliphatic hydroxyl groups excluding tert-OH is 1. The van der Waals surface area contributed by atoms with E-state index in [9.17, 15) is 24.6 Å². The van der Waals surface area contributed by atoms with Gasteiger partial charge in [-0.3, -0.25) is 14.4 Å². The van der Waals surface area contributed by atoms with E-state index < -0.39 is 17.4 Å². The smallest absolute Gasteiger partial charge is 0.264 e. The molecule has 3 aliphatic heterocycles. The summed E-state index contributed by atoms with van der Waals surface area (Å²) in [5.74, 6) is -1.06. The second-order valence-corrected chi connectivity index (χ2v) is 11.4. The van der Waals surface area contributed by atoms with Crippen LogP contribution in [0.3, 0.4) is 0 Å². The Balaban J connectivity index is 1.18. The van der Waals surface area contributed by atoms with Gasteiger partial charge in [0.25, 0.3) is 5.91 Å². The Morgan fingerprint density at radius 3 is 2.55 bits per heavy atom. The number of hydrogen-bond donors (Lipinski definition) is 2. The van der Waals surface area contributed by atoms with Gasteiger partial charge < -0.3 is 24.9 Å². The molecule has 0 saturated carbocycles. The number of fused-ring (bicyclic) bond motifs is 2. The normalized spacial score (nSPS) is 22.3. The molecule has 216 valence electrons. The zero-order valence-corrected chi connectivity index (χ0v) is 23.6. The Morgan fingerprint density at radius 1 is 1.05 bits per heavy atom. The first kappa shape index (κ1) is 27.9. The number of benzene rings is 3. The third-order valence-corrected chi connectivity index (χ3v) is 8.85. The van der Waals surface area contributed by atoms with E-state index in [4.69, 9.17) is 0 Å². The number of β-lactam (4-membered cyclic amide) rings is 1. The second kappa shape index (κ2) is 11.2. The molecule has 3 aromatic carbocycles. The van der Waals surface area contributed by atoms with Crippen molar-refractivity contribution in [1.29, 1.82) is 0 Å². The minimum Gasteiger partial charge on any atom is -0.394 e. The van der Waals surface area contributed by atoms with Crippen LogP contribution in [0.15, 0.2) is 84.9 Å². The first-order valence-corrected chi connectivity index (χ1v) is 14.5. The van der Waals surface area contributed by atoms with Gasteiger partial charge in [-0.1, -0.05) is 73.7 Å². The van der Waals surface area contributed by atoms with Crippen LogP contribution >= 0.6 is 0 Å². The minimum atomic E-state index is -1.79. The van der Waals surface area contributed by atoms with E-state index in [0.29, 0.717) is 37.2 Å². The molecule has 3 amide bonds. The molecule has 3 aliphatic rings. The summed E-state index contributed by atoms with van der Waals surface area (Å²) in [5, 5.41) is 21.9. The largest absolute Gasteiger partial charge is 0.394 e. The molecule has 3 heterocycles. The molecule has 3 atom stereocenters. The lowest BCUT2D eigenvalue weighted by atomic mass is 9.83. The third kappa shape index (κ3) is 4.80. The molecule has 0 radical (unpaired) electrons. The summed E-state index contributed by atoms with van der Waals surface area (Å²) >= 11 is 0. The van der Waals surface area contributed by atoms with Gasteiger partial charge >= 0.3 is 0 Å².